The lowest BCUT2D eigenvalue weighted by molar-refractivity contribution is 0.653. The van der Waals surface area contributed by atoms with Crippen molar-refractivity contribution in [3.05, 3.63) is 127 Å². The van der Waals surface area contributed by atoms with E-state index in [4.69, 9.17) is 18.8 Å². The van der Waals surface area contributed by atoms with Crippen LogP contribution < -0.4 is 0 Å². The number of hydrogen-bond acceptors (Lipinski definition) is 4. The molecular formula is C40H21N3O2. The molecule has 0 aliphatic heterocycles. The average molecular weight is 576 g/mol. The predicted molar refractivity (Wildman–Crippen MR) is 183 cm³/mol. The smallest absolute Gasteiger partial charge is 0.247 e. The number of hydrogen-bond donors (Lipinski definition) is 0. The Morgan fingerprint density at radius 2 is 1.07 bits per heavy atom. The number of benzene rings is 6. The van der Waals surface area contributed by atoms with Gasteiger partial charge in [-0.1, -0.05) is 91.0 Å². The SMILES string of the molecule is c1ccc(-c2nc3oc4ccccc4c3nc2-n2c3cccc4c5ccccc5c5cccc6oc7ccc2c(c7c65)c43)cc1. The Morgan fingerprint density at radius 1 is 0.422 bits per heavy atom. The number of para-hydroxylation sites is 1. The van der Waals surface area contributed by atoms with Gasteiger partial charge >= 0.3 is 0 Å². The maximum atomic E-state index is 6.54. The molecule has 0 N–H and O–H groups in total. The second kappa shape index (κ2) is 8.24. The summed E-state index contributed by atoms with van der Waals surface area (Å²) in [6, 6.07) is 44.2. The van der Waals surface area contributed by atoms with E-state index in [0.29, 0.717) is 5.71 Å². The van der Waals surface area contributed by atoms with E-state index in [1.54, 1.807) is 0 Å². The molecule has 208 valence electrons. The number of fused-ring (bicyclic) bond motifs is 6. The van der Waals surface area contributed by atoms with Gasteiger partial charge in [-0.25, -0.2) is 9.97 Å². The summed E-state index contributed by atoms with van der Waals surface area (Å²) in [7, 11) is 0. The van der Waals surface area contributed by atoms with E-state index in [1.165, 1.54) is 26.9 Å². The summed E-state index contributed by atoms with van der Waals surface area (Å²) in [4.78, 5) is 10.6. The Morgan fingerprint density at radius 3 is 1.91 bits per heavy atom. The summed E-state index contributed by atoms with van der Waals surface area (Å²) in [5.74, 6) is 0.761. The van der Waals surface area contributed by atoms with Crippen LogP contribution in [0.2, 0.25) is 0 Å². The van der Waals surface area contributed by atoms with Crippen molar-refractivity contribution in [3.63, 3.8) is 0 Å². The molecule has 7 aromatic carbocycles. The Balaban J connectivity index is 1.43. The van der Waals surface area contributed by atoms with Gasteiger partial charge in [0, 0.05) is 32.5 Å². The van der Waals surface area contributed by atoms with E-state index in [2.05, 4.69) is 89.5 Å². The molecule has 0 radical (unpaired) electrons. The minimum Gasteiger partial charge on any atom is -0.456 e. The van der Waals surface area contributed by atoms with Gasteiger partial charge in [0.05, 0.1) is 11.0 Å². The third-order valence-corrected chi connectivity index (χ3v) is 9.38. The first kappa shape index (κ1) is 23.3. The van der Waals surface area contributed by atoms with Crippen LogP contribution in [0.4, 0.5) is 0 Å². The van der Waals surface area contributed by atoms with E-state index in [-0.39, 0.29) is 0 Å². The number of rotatable bonds is 2. The molecule has 45 heavy (non-hydrogen) atoms. The van der Waals surface area contributed by atoms with Crippen LogP contribution >= 0.6 is 0 Å². The molecule has 11 rings (SSSR count). The van der Waals surface area contributed by atoms with E-state index >= 15 is 0 Å². The second-order valence-corrected chi connectivity index (χ2v) is 11.7. The molecule has 0 aliphatic rings. The summed E-state index contributed by atoms with van der Waals surface area (Å²) in [5.41, 5.74) is 7.68. The van der Waals surface area contributed by atoms with Crippen LogP contribution in [0.25, 0.3) is 105 Å². The molecule has 0 fully saturated rings. The van der Waals surface area contributed by atoms with Gasteiger partial charge in [-0.2, -0.15) is 0 Å². The standard InChI is InChI=1S/C40H21N3O2/c1-2-10-22(11-3-1)37-39(41-38-27-14-6-7-18-30(27)45-40(38)42-37)43-28-17-8-15-25-23-12-4-5-13-24(23)26-16-9-19-31-34(26)36-32(44-31)21-20-29(43)35(36)33(25)28/h1-21H. The largest absolute Gasteiger partial charge is 0.456 e. The summed E-state index contributed by atoms with van der Waals surface area (Å²) >= 11 is 0. The van der Waals surface area contributed by atoms with Gasteiger partial charge in [0.2, 0.25) is 5.71 Å². The third kappa shape index (κ3) is 2.92. The normalized spacial score (nSPS) is 12.4. The summed E-state index contributed by atoms with van der Waals surface area (Å²) in [5, 5.41) is 10.3. The molecule has 0 unspecified atom stereocenters. The first-order chi connectivity index (χ1) is 22.3. The fourth-order valence-corrected chi connectivity index (χ4v) is 7.55. The lowest BCUT2D eigenvalue weighted by Gasteiger charge is -2.12. The molecule has 0 saturated carbocycles. The number of nitrogens with zero attached hydrogens (tertiary/aromatic N) is 3. The van der Waals surface area contributed by atoms with E-state index < -0.39 is 0 Å². The highest BCUT2D eigenvalue weighted by molar-refractivity contribution is 6.38. The van der Waals surface area contributed by atoms with Crippen molar-refractivity contribution in [1.82, 2.24) is 14.5 Å². The lowest BCUT2D eigenvalue weighted by Crippen LogP contribution is -2.03. The summed E-state index contributed by atoms with van der Waals surface area (Å²) in [6.45, 7) is 0. The number of aromatic nitrogens is 3. The first-order valence-corrected chi connectivity index (χ1v) is 15.1. The van der Waals surface area contributed by atoms with Crippen LogP contribution in [0, 0.1) is 0 Å². The Labute approximate surface area is 254 Å². The zero-order chi connectivity index (χ0) is 29.2. The van der Waals surface area contributed by atoms with Crippen molar-refractivity contribution >= 4 is 87.5 Å². The lowest BCUT2D eigenvalue weighted by atomic mass is 9.95. The zero-order valence-electron chi connectivity index (χ0n) is 23.8. The van der Waals surface area contributed by atoms with Gasteiger partial charge < -0.3 is 8.83 Å². The van der Waals surface area contributed by atoms with Crippen molar-refractivity contribution in [3.8, 4) is 17.1 Å². The van der Waals surface area contributed by atoms with Gasteiger partial charge in [-0.05, 0) is 57.9 Å². The summed E-state index contributed by atoms with van der Waals surface area (Å²) in [6.07, 6.45) is 0. The number of furan rings is 2. The first-order valence-electron chi connectivity index (χ1n) is 15.1. The minimum absolute atomic E-state index is 0.528. The van der Waals surface area contributed by atoms with Gasteiger partial charge in [0.25, 0.3) is 0 Å². The van der Waals surface area contributed by atoms with Crippen molar-refractivity contribution in [1.29, 1.82) is 0 Å². The molecular weight excluding hydrogens is 554 g/mol. The maximum Gasteiger partial charge on any atom is 0.247 e. The summed E-state index contributed by atoms with van der Waals surface area (Å²) < 4.78 is 15.1. The van der Waals surface area contributed by atoms with Gasteiger partial charge in [0.1, 0.15) is 28.0 Å². The zero-order valence-corrected chi connectivity index (χ0v) is 23.8. The van der Waals surface area contributed by atoms with Gasteiger partial charge in [0.15, 0.2) is 5.82 Å². The predicted octanol–water partition coefficient (Wildman–Crippen LogP) is 10.8. The van der Waals surface area contributed by atoms with Gasteiger partial charge in [-0.3, -0.25) is 4.57 Å². The average Bonchev–Trinajstić information content (AvgIpc) is 3.76. The van der Waals surface area contributed by atoms with E-state index in [0.717, 1.165) is 71.9 Å². The van der Waals surface area contributed by atoms with Crippen LogP contribution in [0.3, 0.4) is 0 Å². The molecule has 0 aliphatic carbocycles. The molecule has 0 spiro atoms. The monoisotopic (exact) mass is 575 g/mol. The Kier molecular flexibility index (Phi) is 4.26. The molecule has 5 heteroatoms. The van der Waals surface area contributed by atoms with Crippen LogP contribution in [0.15, 0.2) is 136 Å². The van der Waals surface area contributed by atoms with Gasteiger partial charge in [-0.15, -0.1) is 0 Å². The molecule has 0 bridgehead atoms. The maximum absolute atomic E-state index is 6.54. The second-order valence-electron chi connectivity index (χ2n) is 11.7. The molecule has 0 atom stereocenters. The van der Waals surface area contributed by atoms with Crippen LogP contribution in [0.1, 0.15) is 0 Å². The fraction of sp³-hybridized carbons (Fsp3) is 0. The quantitative estimate of drug-likeness (QED) is 0.206. The highest BCUT2D eigenvalue weighted by atomic mass is 16.3. The molecule has 4 heterocycles. The topological polar surface area (TPSA) is 57.0 Å². The molecule has 4 aromatic heterocycles. The van der Waals surface area contributed by atoms with Crippen molar-refractivity contribution < 1.29 is 8.83 Å². The van der Waals surface area contributed by atoms with Crippen LogP contribution in [0.5, 0.6) is 0 Å². The van der Waals surface area contributed by atoms with E-state index in [9.17, 15) is 0 Å². The fourth-order valence-electron chi connectivity index (χ4n) is 7.55. The van der Waals surface area contributed by atoms with Crippen molar-refractivity contribution in [2.24, 2.45) is 0 Å². The van der Waals surface area contributed by atoms with E-state index in [1.807, 2.05) is 42.5 Å². The molecule has 5 nitrogen and oxygen atoms in total. The van der Waals surface area contributed by atoms with Crippen LogP contribution in [-0.4, -0.2) is 14.5 Å². The highest BCUT2D eigenvalue weighted by Crippen LogP contribution is 2.47. The Hall–Kier alpha value is -6.20. The Bertz CT molecular complexity index is 2980. The minimum atomic E-state index is 0.528. The third-order valence-electron chi connectivity index (χ3n) is 9.38. The molecule has 11 aromatic rings. The molecule has 0 saturated heterocycles. The van der Waals surface area contributed by atoms with Crippen molar-refractivity contribution in [2.45, 2.75) is 0 Å². The highest BCUT2D eigenvalue weighted by Gasteiger charge is 2.26. The van der Waals surface area contributed by atoms with Crippen LogP contribution in [-0.2, 0) is 0 Å². The van der Waals surface area contributed by atoms with Crippen molar-refractivity contribution in [2.75, 3.05) is 0 Å². The molecule has 0 amide bonds.